The van der Waals surface area contributed by atoms with E-state index in [4.69, 9.17) is 5.73 Å². The lowest BCUT2D eigenvalue weighted by Gasteiger charge is -2.33. The van der Waals surface area contributed by atoms with Crippen LogP contribution in [-0.2, 0) is 11.0 Å². The molecular formula is C17H24ClF3N4O3. The molecule has 1 atom stereocenters. The third-order valence-electron chi connectivity index (χ3n) is 4.81. The summed E-state index contributed by atoms with van der Waals surface area (Å²) in [6.07, 6.45) is -2.89. The summed E-state index contributed by atoms with van der Waals surface area (Å²) < 4.78 is 38.1. The molecule has 3 N–H and O–H groups in total. The van der Waals surface area contributed by atoms with Crippen LogP contribution in [0.25, 0.3) is 0 Å². The van der Waals surface area contributed by atoms with E-state index in [9.17, 15) is 28.1 Å². The molecular weight excluding hydrogens is 401 g/mol. The Morgan fingerprint density at radius 1 is 1.39 bits per heavy atom. The monoisotopic (exact) mass is 424 g/mol. The zero-order chi connectivity index (χ0) is 20.2. The molecule has 0 radical (unpaired) electrons. The van der Waals surface area contributed by atoms with Crippen molar-refractivity contribution in [3.8, 4) is 0 Å². The van der Waals surface area contributed by atoms with Gasteiger partial charge in [0.1, 0.15) is 5.69 Å². The number of nitrogens with one attached hydrogen (secondary N) is 1. The first-order valence-electron chi connectivity index (χ1n) is 8.72. The fourth-order valence-corrected chi connectivity index (χ4v) is 3.15. The smallest absolute Gasteiger partial charge is 0.379 e. The lowest BCUT2D eigenvalue weighted by atomic mass is 9.91. The minimum Gasteiger partial charge on any atom is -0.379 e. The highest BCUT2D eigenvalue weighted by Gasteiger charge is 2.33. The van der Waals surface area contributed by atoms with E-state index < -0.39 is 22.4 Å². The highest BCUT2D eigenvalue weighted by molar-refractivity contribution is 5.85. The SMILES string of the molecule is CC(N)C1CCN(C(=O)CCNc2ccc(C(F)(F)F)cc2[N+](=O)[O-])CC1.Cl. The van der Waals surface area contributed by atoms with E-state index in [1.165, 1.54) is 0 Å². The number of rotatable bonds is 6. The number of nitrogens with two attached hydrogens (primary N) is 1. The first-order valence-corrected chi connectivity index (χ1v) is 8.72. The zero-order valence-electron chi connectivity index (χ0n) is 15.4. The van der Waals surface area contributed by atoms with E-state index in [1.807, 2.05) is 6.92 Å². The van der Waals surface area contributed by atoms with Gasteiger partial charge in [0, 0.05) is 38.2 Å². The maximum absolute atomic E-state index is 12.7. The quantitative estimate of drug-likeness (QED) is 0.538. The summed E-state index contributed by atoms with van der Waals surface area (Å²) in [5.41, 5.74) is 4.06. The van der Waals surface area contributed by atoms with Gasteiger partial charge in [-0.2, -0.15) is 13.2 Å². The van der Waals surface area contributed by atoms with E-state index in [0.29, 0.717) is 25.1 Å². The van der Waals surface area contributed by atoms with E-state index >= 15 is 0 Å². The fraction of sp³-hybridized carbons (Fsp3) is 0.588. The maximum Gasteiger partial charge on any atom is 0.416 e. The second-order valence-corrected chi connectivity index (χ2v) is 6.74. The molecule has 11 heteroatoms. The number of alkyl halides is 3. The van der Waals surface area contributed by atoms with Gasteiger partial charge in [-0.3, -0.25) is 14.9 Å². The van der Waals surface area contributed by atoms with Crippen molar-refractivity contribution in [2.24, 2.45) is 11.7 Å². The summed E-state index contributed by atoms with van der Waals surface area (Å²) >= 11 is 0. The predicted octanol–water partition coefficient (Wildman–Crippen LogP) is 3.42. The van der Waals surface area contributed by atoms with Crippen LogP contribution in [0.2, 0.25) is 0 Å². The number of nitro benzene ring substituents is 1. The molecule has 1 heterocycles. The van der Waals surface area contributed by atoms with Crippen LogP contribution in [0.3, 0.4) is 0 Å². The highest BCUT2D eigenvalue weighted by Crippen LogP contribution is 2.34. The Hall–Kier alpha value is -2.07. The van der Waals surface area contributed by atoms with Crippen molar-refractivity contribution in [1.29, 1.82) is 0 Å². The second kappa shape index (κ2) is 9.92. The average Bonchev–Trinajstić information content (AvgIpc) is 2.60. The van der Waals surface area contributed by atoms with Gasteiger partial charge in [-0.15, -0.1) is 12.4 Å². The topological polar surface area (TPSA) is 102 Å². The van der Waals surface area contributed by atoms with Gasteiger partial charge >= 0.3 is 6.18 Å². The number of piperidine rings is 1. The number of amides is 1. The Labute approximate surface area is 167 Å². The van der Waals surface area contributed by atoms with Crippen molar-refractivity contribution in [2.75, 3.05) is 25.0 Å². The molecule has 1 saturated heterocycles. The highest BCUT2D eigenvalue weighted by atomic mass is 35.5. The molecule has 2 rings (SSSR count). The first kappa shape index (κ1) is 24.0. The maximum atomic E-state index is 12.7. The van der Waals surface area contributed by atoms with Gasteiger partial charge in [-0.05, 0) is 37.8 Å². The predicted molar refractivity (Wildman–Crippen MR) is 101 cm³/mol. The van der Waals surface area contributed by atoms with Crippen LogP contribution in [0.4, 0.5) is 24.5 Å². The van der Waals surface area contributed by atoms with E-state index in [-0.39, 0.29) is 43.0 Å². The molecule has 1 unspecified atom stereocenters. The third kappa shape index (κ3) is 6.23. The number of likely N-dealkylation sites (tertiary alicyclic amines) is 1. The molecule has 0 bridgehead atoms. The van der Waals surface area contributed by atoms with Gasteiger partial charge in [0.05, 0.1) is 10.5 Å². The van der Waals surface area contributed by atoms with E-state index in [0.717, 1.165) is 25.0 Å². The summed E-state index contributed by atoms with van der Waals surface area (Å²) in [6, 6.07) is 2.36. The van der Waals surface area contributed by atoms with Crippen molar-refractivity contribution in [3.05, 3.63) is 33.9 Å². The van der Waals surface area contributed by atoms with Crippen molar-refractivity contribution in [1.82, 2.24) is 4.90 Å². The molecule has 28 heavy (non-hydrogen) atoms. The van der Waals surface area contributed by atoms with E-state index in [1.54, 1.807) is 4.90 Å². The Bertz CT molecular complexity index is 693. The Morgan fingerprint density at radius 3 is 2.50 bits per heavy atom. The Balaban J connectivity index is 0.00000392. The van der Waals surface area contributed by atoms with Gasteiger partial charge in [0.15, 0.2) is 0 Å². The van der Waals surface area contributed by atoms with Crippen LogP contribution < -0.4 is 11.1 Å². The summed E-state index contributed by atoms with van der Waals surface area (Å²) in [6.45, 7) is 3.28. The zero-order valence-corrected chi connectivity index (χ0v) is 16.2. The lowest BCUT2D eigenvalue weighted by Crippen LogP contribution is -2.42. The molecule has 0 aromatic heterocycles. The molecule has 0 spiro atoms. The summed E-state index contributed by atoms with van der Waals surface area (Å²) in [5, 5.41) is 13.7. The van der Waals surface area contributed by atoms with Gasteiger partial charge in [0.2, 0.25) is 5.91 Å². The lowest BCUT2D eigenvalue weighted by molar-refractivity contribution is -0.384. The molecule has 1 amide bonds. The van der Waals surface area contributed by atoms with Crippen LogP contribution in [0.15, 0.2) is 18.2 Å². The van der Waals surface area contributed by atoms with Crippen LogP contribution in [0.5, 0.6) is 0 Å². The number of hydrogen-bond acceptors (Lipinski definition) is 5. The first-order chi connectivity index (χ1) is 12.6. The Kier molecular flexibility index (Phi) is 8.49. The standard InChI is InChI=1S/C17H23F3N4O3.ClH/c1-11(21)12-5-8-23(9-6-12)16(25)4-7-22-14-3-2-13(17(18,19)20)10-15(14)24(26)27;/h2-3,10-12,22H,4-9,21H2,1H3;1H. The van der Waals surface area contributed by atoms with Crippen molar-refractivity contribution < 1.29 is 22.9 Å². The minimum absolute atomic E-state index is 0. The number of hydrogen-bond donors (Lipinski definition) is 2. The molecule has 1 aromatic rings. The summed E-state index contributed by atoms with van der Waals surface area (Å²) in [7, 11) is 0. The molecule has 1 aliphatic heterocycles. The molecule has 1 fully saturated rings. The van der Waals surface area contributed by atoms with Crippen LogP contribution in [-0.4, -0.2) is 41.4 Å². The summed E-state index contributed by atoms with van der Waals surface area (Å²) in [5.74, 6) is 0.294. The number of nitro groups is 1. The third-order valence-corrected chi connectivity index (χ3v) is 4.81. The van der Waals surface area contributed by atoms with Crippen molar-refractivity contribution >= 4 is 29.7 Å². The van der Waals surface area contributed by atoms with Crippen LogP contribution in [0, 0.1) is 16.0 Å². The molecule has 7 nitrogen and oxygen atoms in total. The van der Waals surface area contributed by atoms with E-state index in [2.05, 4.69) is 5.32 Å². The van der Waals surface area contributed by atoms with Crippen LogP contribution >= 0.6 is 12.4 Å². The molecule has 0 aliphatic carbocycles. The molecule has 0 saturated carbocycles. The average molecular weight is 425 g/mol. The van der Waals surface area contributed by atoms with Gasteiger partial charge in [-0.25, -0.2) is 0 Å². The second-order valence-electron chi connectivity index (χ2n) is 6.74. The van der Waals surface area contributed by atoms with Crippen LogP contribution in [0.1, 0.15) is 31.7 Å². The fourth-order valence-electron chi connectivity index (χ4n) is 3.15. The largest absolute Gasteiger partial charge is 0.416 e. The van der Waals surface area contributed by atoms with Crippen molar-refractivity contribution in [3.63, 3.8) is 0 Å². The number of benzene rings is 1. The number of carbonyl (C=O) groups is 1. The number of nitrogens with zero attached hydrogens (tertiary/aromatic N) is 2. The molecule has 158 valence electrons. The minimum atomic E-state index is -4.66. The number of halogens is 4. The number of carbonyl (C=O) groups excluding carboxylic acids is 1. The molecule has 1 aromatic carbocycles. The van der Waals surface area contributed by atoms with Crippen molar-refractivity contribution in [2.45, 2.75) is 38.4 Å². The van der Waals surface area contributed by atoms with Gasteiger partial charge in [0.25, 0.3) is 5.69 Å². The Morgan fingerprint density at radius 2 is 2.00 bits per heavy atom. The molecule has 1 aliphatic rings. The van der Waals surface area contributed by atoms with Gasteiger partial charge < -0.3 is 16.0 Å². The van der Waals surface area contributed by atoms with Gasteiger partial charge in [-0.1, -0.05) is 0 Å². The normalized spacial score (nSPS) is 16.2. The summed E-state index contributed by atoms with van der Waals surface area (Å²) in [4.78, 5) is 24.1. The number of anilines is 1.